The Labute approximate surface area is 151 Å². The van der Waals surface area contributed by atoms with Gasteiger partial charge in [-0.3, -0.25) is 0 Å². The van der Waals surface area contributed by atoms with Crippen LogP contribution >= 0.6 is 0 Å². The SMILES string of the molecule is CCNC(=NCc1nnc(C)n1C)N1CCC(CN2CCCCC2)C1. The number of aryl methyl sites for hydroxylation is 1. The molecule has 2 aliphatic heterocycles. The summed E-state index contributed by atoms with van der Waals surface area (Å²) in [5, 5.41) is 11.8. The molecule has 2 fully saturated rings. The Balaban J connectivity index is 1.57. The minimum atomic E-state index is 0.576. The lowest BCUT2D eigenvalue weighted by Crippen LogP contribution is -2.41. The summed E-state index contributed by atoms with van der Waals surface area (Å²) in [6, 6.07) is 0. The average Bonchev–Trinajstić information content (AvgIpc) is 3.21. The van der Waals surface area contributed by atoms with Gasteiger partial charge in [-0.1, -0.05) is 6.42 Å². The van der Waals surface area contributed by atoms with Crippen molar-refractivity contribution >= 4 is 5.96 Å². The number of guanidine groups is 1. The Morgan fingerprint density at radius 3 is 2.68 bits per heavy atom. The van der Waals surface area contributed by atoms with Crippen LogP contribution in [0.4, 0.5) is 0 Å². The summed E-state index contributed by atoms with van der Waals surface area (Å²) in [6.07, 6.45) is 5.42. The zero-order chi connectivity index (χ0) is 17.6. The summed E-state index contributed by atoms with van der Waals surface area (Å²) in [6.45, 7) is 11.6. The molecule has 0 aromatic carbocycles. The number of aromatic nitrogens is 3. The fraction of sp³-hybridized carbons (Fsp3) is 0.833. The molecule has 25 heavy (non-hydrogen) atoms. The van der Waals surface area contributed by atoms with Crippen molar-refractivity contribution in [2.75, 3.05) is 39.3 Å². The highest BCUT2D eigenvalue weighted by atomic mass is 15.3. The lowest BCUT2D eigenvalue weighted by molar-refractivity contribution is 0.198. The van der Waals surface area contributed by atoms with Gasteiger partial charge in [0.1, 0.15) is 12.4 Å². The predicted molar refractivity (Wildman–Crippen MR) is 101 cm³/mol. The van der Waals surface area contributed by atoms with Crippen LogP contribution in [0.3, 0.4) is 0 Å². The van der Waals surface area contributed by atoms with E-state index in [0.717, 1.165) is 43.2 Å². The summed E-state index contributed by atoms with van der Waals surface area (Å²) in [4.78, 5) is 9.89. The molecule has 1 aromatic rings. The monoisotopic (exact) mass is 347 g/mol. The van der Waals surface area contributed by atoms with Crippen molar-refractivity contribution in [1.82, 2.24) is 29.9 Å². The number of nitrogens with one attached hydrogen (secondary N) is 1. The van der Waals surface area contributed by atoms with Crippen LogP contribution in [-0.2, 0) is 13.6 Å². The zero-order valence-corrected chi connectivity index (χ0v) is 16.0. The highest BCUT2D eigenvalue weighted by Crippen LogP contribution is 2.20. The Hall–Kier alpha value is -1.63. The van der Waals surface area contributed by atoms with E-state index in [-0.39, 0.29) is 0 Å². The van der Waals surface area contributed by atoms with Crippen LogP contribution in [0, 0.1) is 12.8 Å². The van der Waals surface area contributed by atoms with Gasteiger partial charge in [0, 0.05) is 33.2 Å². The molecule has 0 spiro atoms. The molecule has 2 saturated heterocycles. The number of hydrogen-bond donors (Lipinski definition) is 1. The smallest absolute Gasteiger partial charge is 0.194 e. The Bertz CT molecular complexity index is 574. The van der Waals surface area contributed by atoms with Crippen molar-refractivity contribution in [3.63, 3.8) is 0 Å². The highest BCUT2D eigenvalue weighted by Gasteiger charge is 2.27. The molecule has 7 nitrogen and oxygen atoms in total. The van der Waals surface area contributed by atoms with Gasteiger partial charge in [-0.2, -0.15) is 0 Å². The van der Waals surface area contributed by atoms with E-state index in [9.17, 15) is 0 Å². The molecule has 1 atom stereocenters. The molecular formula is C18H33N7. The van der Waals surface area contributed by atoms with E-state index in [0.29, 0.717) is 6.54 Å². The maximum atomic E-state index is 4.82. The van der Waals surface area contributed by atoms with Gasteiger partial charge in [-0.15, -0.1) is 10.2 Å². The highest BCUT2D eigenvalue weighted by molar-refractivity contribution is 5.80. The molecule has 0 saturated carbocycles. The molecule has 140 valence electrons. The molecule has 2 aliphatic rings. The minimum Gasteiger partial charge on any atom is -0.357 e. The number of likely N-dealkylation sites (tertiary alicyclic amines) is 2. The van der Waals surface area contributed by atoms with Gasteiger partial charge >= 0.3 is 0 Å². The van der Waals surface area contributed by atoms with E-state index < -0.39 is 0 Å². The Morgan fingerprint density at radius 2 is 2.00 bits per heavy atom. The fourth-order valence-corrected chi connectivity index (χ4v) is 3.84. The van der Waals surface area contributed by atoms with Gasteiger partial charge in [0.15, 0.2) is 11.8 Å². The van der Waals surface area contributed by atoms with Crippen LogP contribution in [0.25, 0.3) is 0 Å². The third kappa shape index (κ3) is 4.71. The lowest BCUT2D eigenvalue weighted by atomic mass is 10.1. The Kier molecular flexibility index (Phi) is 6.29. The first kappa shape index (κ1) is 18.2. The maximum Gasteiger partial charge on any atom is 0.194 e. The van der Waals surface area contributed by atoms with Crippen molar-refractivity contribution in [1.29, 1.82) is 0 Å². The number of hydrogen-bond acceptors (Lipinski definition) is 4. The first-order chi connectivity index (χ1) is 12.2. The molecular weight excluding hydrogens is 314 g/mol. The summed E-state index contributed by atoms with van der Waals surface area (Å²) in [5.74, 6) is 3.62. The van der Waals surface area contributed by atoms with Crippen LogP contribution in [-0.4, -0.2) is 69.8 Å². The molecule has 7 heteroatoms. The van der Waals surface area contributed by atoms with Gasteiger partial charge < -0.3 is 19.7 Å². The second-order valence-electron chi connectivity index (χ2n) is 7.35. The van der Waals surface area contributed by atoms with Gasteiger partial charge in [-0.05, 0) is 52.1 Å². The van der Waals surface area contributed by atoms with Crippen LogP contribution in [0.15, 0.2) is 4.99 Å². The normalized spacial score (nSPS) is 22.6. The largest absolute Gasteiger partial charge is 0.357 e. The number of piperidine rings is 1. The van der Waals surface area contributed by atoms with Crippen LogP contribution in [0.2, 0.25) is 0 Å². The molecule has 0 radical (unpaired) electrons. The predicted octanol–water partition coefficient (Wildman–Crippen LogP) is 1.40. The van der Waals surface area contributed by atoms with Gasteiger partial charge in [0.25, 0.3) is 0 Å². The number of aliphatic imine (C=N–C) groups is 1. The molecule has 1 aromatic heterocycles. The van der Waals surface area contributed by atoms with Crippen LogP contribution < -0.4 is 5.32 Å². The van der Waals surface area contributed by atoms with E-state index in [1.165, 1.54) is 45.3 Å². The van der Waals surface area contributed by atoms with Crippen molar-refractivity contribution < 1.29 is 0 Å². The first-order valence-electron chi connectivity index (χ1n) is 9.78. The fourth-order valence-electron chi connectivity index (χ4n) is 3.84. The van der Waals surface area contributed by atoms with E-state index in [1.807, 2.05) is 18.5 Å². The molecule has 0 aliphatic carbocycles. The standard InChI is InChI=1S/C18H33N7/c1-4-19-18(20-12-17-22-21-15(2)23(17)3)25-11-8-16(14-25)13-24-9-6-5-7-10-24/h16H,4-14H2,1-3H3,(H,19,20). The summed E-state index contributed by atoms with van der Waals surface area (Å²) < 4.78 is 2.01. The van der Waals surface area contributed by atoms with E-state index in [4.69, 9.17) is 4.99 Å². The molecule has 1 unspecified atom stereocenters. The van der Waals surface area contributed by atoms with Gasteiger partial charge in [0.2, 0.25) is 0 Å². The third-order valence-corrected chi connectivity index (χ3v) is 5.44. The second kappa shape index (κ2) is 8.65. The van der Waals surface area contributed by atoms with Gasteiger partial charge in [-0.25, -0.2) is 4.99 Å². The Morgan fingerprint density at radius 1 is 1.20 bits per heavy atom. The average molecular weight is 348 g/mol. The summed E-state index contributed by atoms with van der Waals surface area (Å²) >= 11 is 0. The van der Waals surface area contributed by atoms with E-state index >= 15 is 0 Å². The minimum absolute atomic E-state index is 0.576. The quantitative estimate of drug-likeness (QED) is 0.644. The summed E-state index contributed by atoms with van der Waals surface area (Å²) in [5.41, 5.74) is 0. The van der Waals surface area contributed by atoms with Crippen molar-refractivity contribution in [2.45, 2.75) is 46.1 Å². The topological polar surface area (TPSA) is 61.6 Å². The van der Waals surface area contributed by atoms with Crippen LogP contribution in [0.5, 0.6) is 0 Å². The van der Waals surface area contributed by atoms with Crippen molar-refractivity contribution in [3.8, 4) is 0 Å². The summed E-state index contributed by atoms with van der Waals surface area (Å²) in [7, 11) is 2.00. The molecule has 0 bridgehead atoms. The second-order valence-corrected chi connectivity index (χ2v) is 7.35. The van der Waals surface area contributed by atoms with Crippen LogP contribution in [0.1, 0.15) is 44.3 Å². The molecule has 3 rings (SSSR count). The lowest BCUT2D eigenvalue weighted by Gasteiger charge is -2.29. The number of rotatable bonds is 5. The first-order valence-corrected chi connectivity index (χ1v) is 9.78. The van der Waals surface area contributed by atoms with E-state index in [2.05, 4.69) is 32.2 Å². The van der Waals surface area contributed by atoms with Crippen molar-refractivity contribution in [2.24, 2.45) is 18.0 Å². The molecule has 3 heterocycles. The van der Waals surface area contributed by atoms with Gasteiger partial charge in [0.05, 0.1) is 0 Å². The molecule has 0 amide bonds. The third-order valence-electron chi connectivity index (χ3n) is 5.44. The number of nitrogens with zero attached hydrogens (tertiary/aromatic N) is 6. The maximum absolute atomic E-state index is 4.82. The molecule has 1 N–H and O–H groups in total. The zero-order valence-electron chi connectivity index (χ0n) is 16.0. The van der Waals surface area contributed by atoms with Crippen molar-refractivity contribution in [3.05, 3.63) is 11.6 Å². The van der Waals surface area contributed by atoms with E-state index in [1.54, 1.807) is 0 Å².